The standard InChI is InChI=1S/C10H16O/c1-7(2)10(4)6-9(11)5-8(10)3/h8H,1,5-6H2,2-4H3/t8-,10+/m0/s1. The zero-order valence-corrected chi connectivity index (χ0v) is 7.61. The average Bonchev–Trinajstić information content (AvgIpc) is 2.08. The van der Waals surface area contributed by atoms with Crippen LogP contribution in [0.1, 0.15) is 33.6 Å². The summed E-state index contributed by atoms with van der Waals surface area (Å²) in [6.07, 6.45) is 1.44. The fraction of sp³-hybridized carbons (Fsp3) is 0.700. The molecule has 0 amide bonds. The lowest BCUT2D eigenvalue weighted by molar-refractivity contribution is -0.117. The van der Waals surface area contributed by atoms with Gasteiger partial charge in [0.05, 0.1) is 0 Å². The molecular formula is C10H16O. The molecule has 1 fully saturated rings. The van der Waals surface area contributed by atoms with Gasteiger partial charge in [0.2, 0.25) is 0 Å². The van der Waals surface area contributed by atoms with Crippen LogP contribution in [0.25, 0.3) is 0 Å². The Morgan fingerprint density at radius 3 is 2.45 bits per heavy atom. The van der Waals surface area contributed by atoms with Gasteiger partial charge in [-0.05, 0) is 18.3 Å². The van der Waals surface area contributed by atoms with Gasteiger partial charge in [-0.15, -0.1) is 0 Å². The molecule has 1 aliphatic rings. The van der Waals surface area contributed by atoms with Gasteiger partial charge in [0, 0.05) is 12.8 Å². The quantitative estimate of drug-likeness (QED) is 0.528. The van der Waals surface area contributed by atoms with Gasteiger partial charge in [0.1, 0.15) is 5.78 Å². The first-order valence-corrected chi connectivity index (χ1v) is 4.14. The van der Waals surface area contributed by atoms with Crippen molar-refractivity contribution in [1.29, 1.82) is 0 Å². The van der Waals surface area contributed by atoms with Crippen molar-refractivity contribution in [3.63, 3.8) is 0 Å². The first-order chi connectivity index (χ1) is 4.97. The minimum absolute atomic E-state index is 0.0804. The van der Waals surface area contributed by atoms with Gasteiger partial charge in [0.15, 0.2) is 0 Å². The van der Waals surface area contributed by atoms with Crippen LogP contribution in [0.2, 0.25) is 0 Å². The third-order valence-electron chi connectivity index (χ3n) is 3.16. The van der Waals surface area contributed by atoms with Gasteiger partial charge in [-0.3, -0.25) is 4.79 Å². The second kappa shape index (κ2) is 2.47. The van der Waals surface area contributed by atoms with E-state index in [2.05, 4.69) is 20.4 Å². The van der Waals surface area contributed by atoms with Gasteiger partial charge in [-0.1, -0.05) is 26.0 Å². The third kappa shape index (κ3) is 1.24. The molecule has 11 heavy (non-hydrogen) atoms. The monoisotopic (exact) mass is 152 g/mol. The van der Waals surface area contributed by atoms with Crippen LogP contribution in [0.4, 0.5) is 0 Å². The molecule has 0 N–H and O–H groups in total. The molecule has 0 radical (unpaired) electrons. The fourth-order valence-corrected chi connectivity index (χ4v) is 1.79. The molecule has 0 aliphatic heterocycles. The lowest BCUT2D eigenvalue weighted by atomic mass is 9.76. The summed E-state index contributed by atoms with van der Waals surface area (Å²) in [6.45, 7) is 10.2. The van der Waals surface area contributed by atoms with Gasteiger partial charge in [0.25, 0.3) is 0 Å². The van der Waals surface area contributed by atoms with Gasteiger partial charge >= 0.3 is 0 Å². The number of allylic oxidation sites excluding steroid dienone is 1. The number of hydrogen-bond donors (Lipinski definition) is 0. The van der Waals surface area contributed by atoms with E-state index in [-0.39, 0.29) is 5.41 Å². The van der Waals surface area contributed by atoms with E-state index < -0.39 is 0 Å². The highest BCUT2D eigenvalue weighted by Crippen LogP contribution is 2.45. The van der Waals surface area contributed by atoms with Gasteiger partial charge < -0.3 is 0 Å². The minimum atomic E-state index is 0.0804. The lowest BCUT2D eigenvalue weighted by Gasteiger charge is -2.28. The molecule has 62 valence electrons. The maximum absolute atomic E-state index is 11.1. The van der Waals surface area contributed by atoms with Gasteiger partial charge in [-0.25, -0.2) is 0 Å². The Bertz CT molecular complexity index is 205. The van der Waals surface area contributed by atoms with Crippen LogP contribution in [-0.4, -0.2) is 5.78 Å². The summed E-state index contributed by atoms with van der Waals surface area (Å²) >= 11 is 0. The van der Waals surface area contributed by atoms with E-state index in [0.717, 1.165) is 12.0 Å². The topological polar surface area (TPSA) is 17.1 Å². The second-order valence-corrected chi connectivity index (χ2v) is 4.02. The first kappa shape index (κ1) is 8.51. The summed E-state index contributed by atoms with van der Waals surface area (Å²) in [5, 5.41) is 0. The van der Waals surface area contributed by atoms with E-state index in [4.69, 9.17) is 0 Å². The van der Waals surface area contributed by atoms with Crippen molar-refractivity contribution in [1.82, 2.24) is 0 Å². The van der Waals surface area contributed by atoms with E-state index in [1.54, 1.807) is 0 Å². The van der Waals surface area contributed by atoms with E-state index in [1.165, 1.54) is 0 Å². The molecule has 0 bridgehead atoms. The molecular weight excluding hydrogens is 136 g/mol. The second-order valence-electron chi connectivity index (χ2n) is 4.02. The summed E-state index contributed by atoms with van der Waals surface area (Å²) in [5.41, 5.74) is 1.23. The highest BCUT2D eigenvalue weighted by atomic mass is 16.1. The van der Waals surface area contributed by atoms with Crippen LogP contribution in [0, 0.1) is 11.3 Å². The summed E-state index contributed by atoms with van der Waals surface area (Å²) in [6, 6.07) is 0. The summed E-state index contributed by atoms with van der Waals surface area (Å²) in [4.78, 5) is 11.1. The zero-order chi connectivity index (χ0) is 8.65. The predicted octanol–water partition coefficient (Wildman–Crippen LogP) is 2.57. The van der Waals surface area contributed by atoms with E-state index >= 15 is 0 Å². The summed E-state index contributed by atoms with van der Waals surface area (Å²) in [7, 11) is 0. The molecule has 1 rings (SSSR count). The Kier molecular flexibility index (Phi) is 1.91. The van der Waals surface area contributed by atoms with Crippen LogP contribution in [0.5, 0.6) is 0 Å². The normalized spacial score (nSPS) is 37.7. The highest BCUT2D eigenvalue weighted by Gasteiger charge is 2.40. The first-order valence-electron chi connectivity index (χ1n) is 4.14. The Hall–Kier alpha value is -0.590. The summed E-state index contributed by atoms with van der Waals surface area (Å²) in [5.74, 6) is 0.871. The number of rotatable bonds is 1. The lowest BCUT2D eigenvalue weighted by Crippen LogP contribution is -2.20. The molecule has 2 atom stereocenters. The molecule has 0 aromatic rings. The van der Waals surface area contributed by atoms with Crippen molar-refractivity contribution in [3.8, 4) is 0 Å². The zero-order valence-electron chi connectivity index (χ0n) is 7.61. The van der Waals surface area contributed by atoms with E-state index in [0.29, 0.717) is 18.1 Å². The Balaban J connectivity index is 2.87. The summed E-state index contributed by atoms with van der Waals surface area (Å²) < 4.78 is 0. The van der Waals surface area contributed by atoms with Crippen LogP contribution < -0.4 is 0 Å². The number of ketones is 1. The molecule has 1 saturated carbocycles. The average molecular weight is 152 g/mol. The third-order valence-corrected chi connectivity index (χ3v) is 3.16. The van der Waals surface area contributed by atoms with Crippen molar-refractivity contribution in [2.24, 2.45) is 11.3 Å². The Morgan fingerprint density at radius 1 is 1.73 bits per heavy atom. The fourth-order valence-electron chi connectivity index (χ4n) is 1.79. The smallest absolute Gasteiger partial charge is 0.134 e. The van der Waals surface area contributed by atoms with Crippen LogP contribution in [0.15, 0.2) is 12.2 Å². The predicted molar refractivity (Wildman–Crippen MR) is 46.3 cm³/mol. The molecule has 1 nitrogen and oxygen atoms in total. The molecule has 1 aliphatic carbocycles. The molecule has 0 aromatic carbocycles. The largest absolute Gasteiger partial charge is 0.300 e. The van der Waals surface area contributed by atoms with E-state index in [9.17, 15) is 4.79 Å². The Labute approximate surface area is 68.5 Å². The maximum atomic E-state index is 11.1. The molecule has 1 heteroatoms. The molecule has 0 heterocycles. The highest BCUT2D eigenvalue weighted by molar-refractivity contribution is 5.82. The number of carbonyl (C=O) groups excluding carboxylic acids is 1. The van der Waals surface area contributed by atoms with Crippen LogP contribution in [0.3, 0.4) is 0 Å². The molecule has 0 spiro atoms. The van der Waals surface area contributed by atoms with Crippen molar-refractivity contribution < 1.29 is 4.79 Å². The Morgan fingerprint density at radius 2 is 2.27 bits per heavy atom. The molecule has 0 aromatic heterocycles. The van der Waals surface area contributed by atoms with Crippen molar-refractivity contribution in [2.45, 2.75) is 33.6 Å². The SMILES string of the molecule is C=C(C)[C@@]1(C)CC(=O)C[C@@H]1C. The van der Waals surface area contributed by atoms with Crippen molar-refractivity contribution in [3.05, 3.63) is 12.2 Å². The van der Waals surface area contributed by atoms with Crippen molar-refractivity contribution in [2.75, 3.05) is 0 Å². The minimum Gasteiger partial charge on any atom is -0.300 e. The van der Waals surface area contributed by atoms with Crippen LogP contribution >= 0.6 is 0 Å². The van der Waals surface area contributed by atoms with Crippen molar-refractivity contribution >= 4 is 5.78 Å². The molecule has 0 unspecified atom stereocenters. The maximum Gasteiger partial charge on any atom is 0.134 e. The number of hydrogen-bond acceptors (Lipinski definition) is 1. The number of Topliss-reactive ketones (excluding diaryl/α,β-unsaturated/α-hetero) is 1. The van der Waals surface area contributed by atoms with Crippen LogP contribution in [-0.2, 0) is 4.79 Å². The molecule has 0 saturated heterocycles. The number of carbonyl (C=O) groups is 1. The van der Waals surface area contributed by atoms with Gasteiger partial charge in [-0.2, -0.15) is 0 Å². The van der Waals surface area contributed by atoms with E-state index in [1.807, 2.05) is 6.92 Å².